The first-order valence-corrected chi connectivity index (χ1v) is 5.70. The van der Waals surface area contributed by atoms with E-state index in [4.69, 9.17) is 0 Å². The Morgan fingerprint density at radius 1 is 1.33 bits per heavy atom. The summed E-state index contributed by atoms with van der Waals surface area (Å²) < 4.78 is 13.7. The lowest BCUT2D eigenvalue weighted by atomic mass is 9.62. The molecule has 1 spiro atoms. The van der Waals surface area contributed by atoms with Crippen LogP contribution in [0.2, 0.25) is 0 Å². The van der Waals surface area contributed by atoms with Gasteiger partial charge in [0.05, 0.1) is 16.7 Å². The second-order valence-electron chi connectivity index (χ2n) is 5.14. The predicted octanol–water partition coefficient (Wildman–Crippen LogP) is 1.90. The smallest absolute Gasteiger partial charge is 0.272 e. The van der Waals surface area contributed by atoms with Gasteiger partial charge in [0.15, 0.2) is 5.82 Å². The monoisotopic (exact) mass is 250 g/mol. The lowest BCUT2D eigenvalue weighted by Gasteiger charge is -2.55. The molecule has 6 heteroatoms. The summed E-state index contributed by atoms with van der Waals surface area (Å²) in [6, 6.07) is 3.67. The number of ketones is 1. The van der Waals surface area contributed by atoms with Gasteiger partial charge in [-0.05, 0) is 6.07 Å². The second-order valence-corrected chi connectivity index (χ2v) is 5.14. The molecule has 1 saturated carbocycles. The first-order chi connectivity index (χ1) is 8.49. The molecule has 3 rings (SSSR count). The summed E-state index contributed by atoms with van der Waals surface area (Å²) >= 11 is 0. The van der Waals surface area contributed by atoms with Gasteiger partial charge in [-0.1, -0.05) is 0 Å². The summed E-state index contributed by atoms with van der Waals surface area (Å²) in [4.78, 5) is 22.7. The molecule has 0 atom stereocenters. The molecule has 5 nitrogen and oxygen atoms in total. The van der Waals surface area contributed by atoms with E-state index in [1.807, 2.05) is 4.90 Å². The Balaban J connectivity index is 1.75. The molecule has 1 aliphatic carbocycles. The molecule has 1 saturated heterocycles. The van der Waals surface area contributed by atoms with Gasteiger partial charge in [-0.3, -0.25) is 14.9 Å². The van der Waals surface area contributed by atoms with Gasteiger partial charge in [0, 0.05) is 37.4 Å². The molecule has 0 N–H and O–H groups in total. The second kappa shape index (κ2) is 3.51. The number of halogens is 1. The molecule has 0 radical (unpaired) electrons. The van der Waals surface area contributed by atoms with Gasteiger partial charge in [0.2, 0.25) is 0 Å². The Kier molecular flexibility index (Phi) is 2.17. The third kappa shape index (κ3) is 1.56. The van der Waals surface area contributed by atoms with Crippen molar-refractivity contribution in [3.8, 4) is 0 Å². The summed E-state index contributed by atoms with van der Waals surface area (Å²) in [6.45, 7) is 1.32. The van der Waals surface area contributed by atoms with Crippen LogP contribution in [0.4, 0.5) is 15.8 Å². The van der Waals surface area contributed by atoms with Crippen molar-refractivity contribution in [2.24, 2.45) is 5.41 Å². The summed E-state index contributed by atoms with van der Waals surface area (Å²) in [5.41, 5.74) is 0.182. The molecule has 2 aliphatic rings. The van der Waals surface area contributed by atoms with E-state index in [1.54, 1.807) is 0 Å². The fourth-order valence-corrected chi connectivity index (χ4v) is 2.81. The van der Waals surface area contributed by atoms with Crippen molar-refractivity contribution in [3.63, 3.8) is 0 Å². The van der Waals surface area contributed by atoms with Gasteiger partial charge < -0.3 is 4.90 Å². The van der Waals surface area contributed by atoms with E-state index in [0.717, 1.165) is 6.07 Å². The van der Waals surface area contributed by atoms with E-state index in [9.17, 15) is 19.3 Å². The molecule has 0 bridgehead atoms. The molecule has 1 aromatic rings. The summed E-state index contributed by atoms with van der Waals surface area (Å²) in [5.74, 6) is -0.316. The van der Waals surface area contributed by atoms with Crippen molar-refractivity contribution >= 4 is 17.2 Å². The van der Waals surface area contributed by atoms with Gasteiger partial charge in [-0.2, -0.15) is 0 Å². The standard InChI is InChI=1S/C12H11FN2O3/c13-10-3-8(15(17)18)1-2-11(10)14-6-12(7-14)4-9(16)5-12/h1-3H,4-7H2. The highest BCUT2D eigenvalue weighted by Crippen LogP contribution is 2.47. The number of non-ortho nitro benzene ring substituents is 1. The molecule has 94 valence electrons. The third-order valence-electron chi connectivity index (χ3n) is 3.68. The molecule has 1 aromatic carbocycles. The van der Waals surface area contributed by atoms with Crippen LogP contribution in [0.15, 0.2) is 18.2 Å². The predicted molar refractivity (Wildman–Crippen MR) is 61.9 cm³/mol. The molecular weight excluding hydrogens is 239 g/mol. The maximum atomic E-state index is 13.7. The van der Waals surface area contributed by atoms with E-state index in [2.05, 4.69) is 0 Å². The Labute approximate surface area is 102 Å². The van der Waals surface area contributed by atoms with Crippen LogP contribution >= 0.6 is 0 Å². The van der Waals surface area contributed by atoms with Crippen molar-refractivity contribution in [2.45, 2.75) is 12.8 Å². The van der Waals surface area contributed by atoms with E-state index in [1.165, 1.54) is 12.1 Å². The number of hydrogen-bond donors (Lipinski definition) is 0. The molecular formula is C12H11FN2O3. The normalized spacial score (nSPS) is 20.5. The van der Waals surface area contributed by atoms with Gasteiger partial charge >= 0.3 is 0 Å². The molecule has 0 unspecified atom stereocenters. The summed E-state index contributed by atoms with van der Waals surface area (Å²) in [6.07, 6.45) is 1.16. The van der Waals surface area contributed by atoms with E-state index < -0.39 is 10.7 Å². The summed E-state index contributed by atoms with van der Waals surface area (Å²) in [7, 11) is 0. The number of nitro groups is 1. The number of nitrogens with zero attached hydrogens (tertiary/aromatic N) is 2. The van der Waals surface area contributed by atoms with Gasteiger partial charge in [-0.25, -0.2) is 4.39 Å². The number of Topliss-reactive ketones (excluding diaryl/α,β-unsaturated/α-hetero) is 1. The quantitative estimate of drug-likeness (QED) is 0.594. The largest absolute Gasteiger partial charge is 0.368 e. The number of nitro benzene ring substituents is 1. The molecule has 2 fully saturated rings. The molecule has 1 heterocycles. The average Bonchev–Trinajstić information content (AvgIpc) is 2.21. The van der Waals surface area contributed by atoms with Crippen LogP contribution in [-0.4, -0.2) is 23.8 Å². The summed E-state index contributed by atoms with van der Waals surface area (Å²) in [5, 5.41) is 10.5. The van der Waals surface area contributed by atoms with Crippen molar-refractivity contribution in [1.29, 1.82) is 0 Å². The number of carbonyl (C=O) groups is 1. The average molecular weight is 250 g/mol. The lowest BCUT2D eigenvalue weighted by Crippen LogP contribution is -2.63. The van der Waals surface area contributed by atoms with Crippen LogP contribution in [-0.2, 0) is 4.79 Å². The molecule has 1 aliphatic heterocycles. The van der Waals surface area contributed by atoms with Crippen LogP contribution in [0.1, 0.15) is 12.8 Å². The number of benzene rings is 1. The highest BCUT2D eigenvalue weighted by atomic mass is 19.1. The van der Waals surface area contributed by atoms with Crippen molar-refractivity contribution in [3.05, 3.63) is 34.1 Å². The Morgan fingerprint density at radius 3 is 2.50 bits per heavy atom. The van der Waals surface area contributed by atoms with Crippen molar-refractivity contribution in [1.82, 2.24) is 0 Å². The minimum atomic E-state index is -0.616. The Morgan fingerprint density at radius 2 is 2.00 bits per heavy atom. The van der Waals surface area contributed by atoms with Gasteiger partial charge in [0.25, 0.3) is 5.69 Å². The van der Waals surface area contributed by atoms with Crippen molar-refractivity contribution in [2.75, 3.05) is 18.0 Å². The number of anilines is 1. The zero-order chi connectivity index (χ0) is 12.9. The Bertz CT molecular complexity index is 542. The Hall–Kier alpha value is -1.98. The SMILES string of the molecule is O=C1CC2(C1)CN(c1ccc([N+](=O)[O-])cc1F)C2. The molecule has 18 heavy (non-hydrogen) atoms. The maximum absolute atomic E-state index is 13.7. The number of carbonyl (C=O) groups excluding carboxylic acids is 1. The number of hydrogen-bond acceptors (Lipinski definition) is 4. The van der Waals surface area contributed by atoms with Gasteiger partial charge in [-0.15, -0.1) is 0 Å². The zero-order valence-corrected chi connectivity index (χ0v) is 9.56. The van der Waals surface area contributed by atoms with E-state index >= 15 is 0 Å². The van der Waals surface area contributed by atoms with Gasteiger partial charge in [0.1, 0.15) is 5.78 Å². The maximum Gasteiger partial charge on any atom is 0.272 e. The minimum absolute atomic E-state index is 0.0469. The van der Waals surface area contributed by atoms with Crippen molar-refractivity contribution < 1.29 is 14.1 Å². The van der Waals surface area contributed by atoms with Crippen LogP contribution in [0.5, 0.6) is 0 Å². The molecule has 0 amide bonds. The van der Waals surface area contributed by atoms with Crippen LogP contribution < -0.4 is 4.90 Å². The minimum Gasteiger partial charge on any atom is -0.368 e. The molecule has 0 aromatic heterocycles. The van der Waals surface area contributed by atoms with E-state index in [0.29, 0.717) is 31.6 Å². The zero-order valence-electron chi connectivity index (χ0n) is 9.56. The van der Waals surface area contributed by atoms with Crippen LogP contribution in [0.25, 0.3) is 0 Å². The fourth-order valence-electron chi connectivity index (χ4n) is 2.81. The first-order valence-electron chi connectivity index (χ1n) is 5.70. The van der Waals surface area contributed by atoms with Crippen LogP contribution in [0, 0.1) is 21.3 Å². The lowest BCUT2D eigenvalue weighted by molar-refractivity contribution is -0.385. The fraction of sp³-hybridized carbons (Fsp3) is 0.417. The highest BCUT2D eigenvalue weighted by Gasteiger charge is 2.52. The van der Waals surface area contributed by atoms with E-state index in [-0.39, 0.29) is 16.9 Å². The topological polar surface area (TPSA) is 63.5 Å². The number of rotatable bonds is 2. The van der Waals surface area contributed by atoms with Crippen LogP contribution in [0.3, 0.4) is 0 Å². The highest BCUT2D eigenvalue weighted by molar-refractivity contribution is 5.87. The first kappa shape index (κ1) is 11.1. The third-order valence-corrected chi connectivity index (χ3v) is 3.68.